The number of ether oxygens (including phenoxy) is 1. The first-order valence-electron chi connectivity index (χ1n) is 8.10. The molecule has 0 saturated carbocycles. The van der Waals surface area contributed by atoms with Gasteiger partial charge in [0, 0.05) is 18.5 Å². The zero-order valence-corrected chi connectivity index (χ0v) is 14.4. The fraction of sp³-hybridized carbons (Fsp3) is 0.333. The van der Waals surface area contributed by atoms with Crippen LogP contribution in [0.1, 0.15) is 20.9 Å². The lowest BCUT2D eigenvalue weighted by molar-refractivity contribution is 0.0306. The third-order valence-corrected chi connectivity index (χ3v) is 5.43. The Morgan fingerprint density at radius 2 is 2.00 bits per heavy atom. The first kappa shape index (κ1) is 15.4. The molecule has 0 N–H and O–H groups in total. The van der Waals surface area contributed by atoms with E-state index in [0.717, 1.165) is 27.3 Å². The fourth-order valence-corrected chi connectivity index (χ4v) is 4.13. The molecule has 6 heteroatoms. The van der Waals surface area contributed by atoms with Crippen LogP contribution in [0.4, 0.5) is 0 Å². The van der Waals surface area contributed by atoms with Crippen molar-refractivity contribution in [1.82, 2.24) is 14.7 Å². The molecule has 1 aliphatic heterocycles. The van der Waals surface area contributed by atoms with Crippen molar-refractivity contribution in [2.45, 2.75) is 13.5 Å². The molecular formula is C18H19N3O2S. The summed E-state index contributed by atoms with van der Waals surface area (Å²) in [4.78, 5) is 16.4. The van der Waals surface area contributed by atoms with Gasteiger partial charge < -0.3 is 9.64 Å². The van der Waals surface area contributed by atoms with E-state index >= 15 is 0 Å². The van der Waals surface area contributed by atoms with Crippen LogP contribution in [0.25, 0.3) is 10.2 Å². The topological polar surface area (TPSA) is 47.4 Å². The lowest BCUT2D eigenvalue weighted by Gasteiger charge is -2.26. The molecule has 0 bridgehead atoms. The Hall–Kier alpha value is -2.18. The van der Waals surface area contributed by atoms with Crippen LogP contribution in [0.5, 0.6) is 0 Å². The average Bonchev–Trinajstić information content (AvgIpc) is 3.18. The van der Waals surface area contributed by atoms with Gasteiger partial charge in [-0.2, -0.15) is 5.10 Å². The summed E-state index contributed by atoms with van der Waals surface area (Å²) in [5.41, 5.74) is 2.18. The van der Waals surface area contributed by atoms with Crippen LogP contribution in [0, 0.1) is 6.92 Å². The van der Waals surface area contributed by atoms with Gasteiger partial charge >= 0.3 is 0 Å². The molecule has 0 radical (unpaired) electrons. The number of hydrogen-bond donors (Lipinski definition) is 0. The molecule has 4 rings (SSSR count). The van der Waals surface area contributed by atoms with Crippen molar-refractivity contribution < 1.29 is 9.53 Å². The van der Waals surface area contributed by atoms with Gasteiger partial charge in [0.25, 0.3) is 5.91 Å². The molecule has 0 spiro atoms. The van der Waals surface area contributed by atoms with Gasteiger partial charge in [0.15, 0.2) is 0 Å². The van der Waals surface area contributed by atoms with Crippen LogP contribution in [0.3, 0.4) is 0 Å². The maximum atomic E-state index is 12.7. The SMILES string of the molecule is Cc1nn(Cc2ccccc2)c2sc(C(=O)N3CCOCC3)cc12. The summed E-state index contributed by atoms with van der Waals surface area (Å²) < 4.78 is 7.33. The number of nitrogens with zero attached hydrogens (tertiary/aromatic N) is 3. The zero-order valence-electron chi connectivity index (χ0n) is 13.6. The van der Waals surface area contributed by atoms with Gasteiger partial charge in [0.05, 0.1) is 30.3 Å². The molecule has 24 heavy (non-hydrogen) atoms. The van der Waals surface area contributed by atoms with Gasteiger partial charge in [-0.05, 0) is 18.6 Å². The van der Waals surface area contributed by atoms with Crippen molar-refractivity contribution in [2.75, 3.05) is 26.3 Å². The van der Waals surface area contributed by atoms with Gasteiger partial charge in [-0.15, -0.1) is 11.3 Å². The molecule has 124 valence electrons. The first-order valence-corrected chi connectivity index (χ1v) is 8.92. The summed E-state index contributed by atoms with van der Waals surface area (Å²) >= 11 is 1.53. The number of aromatic nitrogens is 2. The maximum absolute atomic E-state index is 12.7. The fourth-order valence-electron chi connectivity index (χ4n) is 3.00. The standard InChI is InChI=1S/C18H19N3O2S/c1-13-15-11-16(17(22)20-7-9-23-10-8-20)24-18(15)21(19-13)12-14-5-3-2-4-6-14/h2-6,11H,7-10,12H2,1H3. The Balaban J connectivity index is 1.65. The monoisotopic (exact) mass is 341 g/mol. The van der Waals surface area contributed by atoms with E-state index in [4.69, 9.17) is 4.74 Å². The van der Waals surface area contributed by atoms with Crippen LogP contribution in [0.2, 0.25) is 0 Å². The Morgan fingerprint density at radius 3 is 2.75 bits per heavy atom. The quantitative estimate of drug-likeness (QED) is 0.736. The Bertz CT molecular complexity index is 863. The Morgan fingerprint density at radius 1 is 1.25 bits per heavy atom. The maximum Gasteiger partial charge on any atom is 0.264 e. The highest BCUT2D eigenvalue weighted by molar-refractivity contribution is 7.20. The van der Waals surface area contributed by atoms with Crippen LogP contribution < -0.4 is 0 Å². The molecule has 0 unspecified atom stereocenters. The van der Waals surface area contributed by atoms with Gasteiger partial charge in [0.2, 0.25) is 0 Å². The number of amides is 1. The molecule has 5 nitrogen and oxygen atoms in total. The minimum absolute atomic E-state index is 0.102. The molecule has 2 aromatic heterocycles. The molecule has 1 aliphatic rings. The summed E-state index contributed by atoms with van der Waals surface area (Å²) in [7, 11) is 0. The predicted molar refractivity (Wildman–Crippen MR) is 94.6 cm³/mol. The summed E-state index contributed by atoms with van der Waals surface area (Å²) in [6, 6.07) is 12.3. The second-order valence-electron chi connectivity index (χ2n) is 5.96. The third kappa shape index (κ3) is 2.83. The first-order chi connectivity index (χ1) is 11.7. The normalized spacial score (nSPS) is 15.1. The van der Waals surface area contributed by atoms with Crippen LogP contribution in [-0.2, 0) is 11.3 Å². The van der Waals surface area contributed by atoms with Crippen molar-refractivity contribution in [3.63, 3.8) is 0 Å². The van der Waals surface area contributed by atoms with Crippen LogP contribution >= 0.6 is 11.3 Å². The number of morpholine rings is 1. The number of thiophene rings is 1. The average molecular weight is 341 g/mol. The lowest BCUT2D eigenvalue weighted by Crippen LogP contribution is -2.40. The highest BCUT2D eigenvalue weighted by atomic mass is 32.1. The predicted octanol–water partition coefficient (Wildman–Crippen LogP) is 2.93. The van der Waals surface area contributed by atoms with Crippen molar-refractivity contribution in [3.8, 4) is 0 Å². The van der Waals surface area contributed by atoms with Crippen molar-refractivity contribution in [2.24, 2.45) is 0 Å². The third-order valence-electron chi connectivity index (χ3n) is 4.29. The number of hydrogen-bond acceptors (Lipinski definition) is 4. The van der Waals surface area contributed by atoms with E-state index in [2.05, 4.69) is 17.2 Å². The molecule has 1 saturated heterocycles. The molecule has 3 heterocycles. The lowest BCUT2D eigenvalue weighted by atomic mass is 10.2. The van der Waals surface area contributed by atoms with E-state index in [1.807, 2.05) is 40.8 Å². The van der Waals surface area contributed by atoms with Gasteiger partial charge in [-0.3, -0.25) is 9.48 Å². The minimum atomic E-state index is 0.102. The van der Waals surface area contributed by atoms with Crippen molar-refractivity contribution >= 4 is 27.5 Å². The molecular weight excluding hydrogens is 322 g/mol. The number of rotatable bonds is 3. The summed E-state index contributed by atoms with van der Waals surface area (Å²) in [6.07, 6.45) is 0. The summed E-state index contributed by atoms with van der Waals surface area (Å²) in [5.74, 6) is 0.102. The minimum Gasteiger partial charge on any atom is -0.378 e. The molecule has 0 atom stereocenters. The van der Waals surface area contributed by atoms with Gasteiger partial charge in [0.1, 0.15) is 4.83 Å². The highest BCUT2D eigenvalue weighted by Crippen LogP contribution is 2.29. The Labute approximate surface area is 144 Å². The van der Waals surface area contributed by atoms with Gasteiger partial charge in [-0.1, -0.05) is 30.3 Å². The van der Waals surface area contributed by atoms with Crippen molar-refractivity contribution in [1.29, 1.82) is 0 Å². The number of fused-ring (bicyclic) bond motifs is 1. The number of benzene rings is 1. The van der Waals surface area contributed by atoms with E-state index in [0.29, 0.717) is 26.3 Å². The molecule has 3 aromatic rings. The number of aryl methyl sites for hydroxylation is 1. The Kier molecular flexibility index (Phi) is 4.08. The number of carbonyl (C=O) groups is 1. The highest BCUT2D eigenvalue weighted by Gasteiger charge is 2.22. The van der Waals surface area contributed by atoms with E-state index in [1.54, 1.807) is 0 Å². The van der Waals surface area contributed by atoms with E-state index in [-0.39, 0.29) is 5.91 Å². The molecule has 1 fully saturated rings. The second-order valence-corrected chi connectivity index (χ2v) is 6.99. The molecule has 1 amide bonds. The van der Waals surface area contributed by atoms with Crippen LogP contribution in [0.15, 0.2) is 36.4 Å². The van der Waals surface area contributed by atoms with E-state index in [1.165, 1.54) is 16.9 Å². The van der Waals surface area contributed by atoms with E-state index < -0.39 is 0 Å². The second kappa shape index (κ2) is 6.37. The molecule has 1 aromatic carbocycles. The summed E-state index contributed by atoms with van der Waals surface area (Å²) in [5, 5.41) is 5.72. The van der Waals surface area contributed by atoms with Crippen molar-refractivity contribution in [3.05, 3.63) is 52.5 Å². The molecule has 0 aliphatic carbocycles. The summed E-state index contributed by atoms with van der Waals surface area (Å²) in [6.45, 7) is 5.30. The van der Waals surface area contributed by atoms with Crippen LogP contribution in [-0.4, -0.2) is 46.9 Å². The number of carbonyl (C=O) groups excluding carboxylic acids is 1. The largest absolute Gasteiger partial charge is 0.378 e. The van der Waals surface area contributed by atoms with E-state index in [9.17, 15) is 4.79 Å². The zero-order chi connectivity index (χ0) is 16.5. The van der Waals surface area contributed by atoms with Gasteiger partial charge in [-0.25, -0.2) is 0 Å². The smallest absolute Gasteiger partial charge is 0.264 e.